The van der Waals surface area contributed by atoms with E-state index in [1.807, 2.05) is 24.3 Å². The summed E-state index contributed by atoms with van der Waals surface area (Å²) >= 11 is 0. The van der Waals surface area contributed by atoms with Crippen LogP contribution < -0.4 is 10.6 Å². The van der Waals surface area contributed by atoms with Gasteiger partial charge in [-0.2, -0.15) is 0 Å². The molecule has 0 atom stereocenters. The molecule has 0 bridgehead atoms. The van der Waals surface area contributed by atoms with E-state index >= 15 is 0 Å². The van der Waals surface area contributed by atoms with Gasteiger partial charge >= 0.3 is 0 Å². The van der Waals surface area contributed by atoms with E-state index < -0.39 is 0 Å². The molecule has 0 saturated carbocycles. The second kappa shape index (κ2) is 7.99. The predicted molar refractivity (Wildman–Crippen MR) is 102 cm³/mol. The van der Waals surface area contributed by atoms with Crippen LogP contribution in [-0.4, -0.2) is 33.8 Å². The van der Waals surface area contributed by atoms with Crippen LogP contribution in [0.3, 0.4) is 0 Å². The Morgan fingerprint density at radius 2 is 1.96 bits per heavy atom. The molecule has 138 valence electrons. The van der Waals surface area contributed by atoms with Crippen LogP contribution in [0.1, 0.15) is 44.3 Å². The van der Waals surface area contributed by atoms with Crippen molar-refractivity contribution in [3.05, 3.63) is 30.1 Å². The Morgan fingerprint density at radius 3 is 2.77 bits per heavy atom. The molecule has 1 amide bonds. The Bertz CT molecular complexity index is 746. The maximum atomic E-state index is 12.2. The van der Waals surface area contributed by atoms with Gasteiger partial charge in [0.05, 0.1) is 0 Å². The number of nitrogens with one attached hydrogen (secondary N) is 2. The maximum Gasteiger partial charge on any atom is 0.224 e. The number of piperidine rings is 1. The summed E-state index contributed by atoms with van der Waals surface area (Å²) in [4.78, 5) is 12.2. The number of carbonyl (C=O) groups excluding carboxylic acids is 1. The topological polar surface area (TPSA) is 71.8 Å². The van der Waals surface area contributed by atoms with E-state index in [9.17, 15) is 4.79 Å². The minimum absolute atomic E-state index is 0.108. The van der Waals surface area contributed by atoms with E-state index in [0.717, 1.165) is 55.4 Å². The number of nitrogens with zero attached hydrogens (tertiary/aromatic N) is 3. The smallest absolute Gasteiger partial charge is 0.224 e. The summed E-state index contributed by atoms with van der Waals surface area (Å²) in [6.07, 6.45) is 7.35. The molecule has 2 aromatic rings. The molecule has 6 nitrogen and oxygen atoms in total. The second-order valence-electron chi connectivity index (χ2n) is 7.41. The molecular formula is C20H27N5O. The Labute approximate surface area is 154 Å². The number of hydrogen-bond donors (Lipinski definition) is 2. The van der Waals surface area contributed by atoms with Gasteiger partial charge in [-0.15, -0.1) is 10.2 Å². The molecule has 0 unspecified atom stereocenters. The van der Waals surface area contributed by atoms with E-state index in [2.05, 4.69) is 25.4 Å². The minimum Gasteiger partial charge on any atom is -0.326 e. The first-order valence-electron chi connectivity index (χ1n) is 9.83. The van der Waals surface area contributed by atoms with Gasteiger partial charge in [0, 0.05) is 30.6 Å². The molecule has 0 spiro atoms. The van der Waals surface area contributed by atoms with Crippen molar-refractivity contribution in [1.29, 1.82) is 0 Å². The van der Waals surface area contributed by atoms with Gasteiger partial charge in [-0.25, -0.2) is 0 Å². The molecule has 0 radical (unpaired) electrons. The van der Waals surface area contributed by atoms with Crippen molar-refractivity contribution < 1.29 is 4.79 Å². The highest BCUT2D eigenvalue weighted by atomic mass is 16.1. The number of anilines is 1. The standard InChI is InChI=1S/C20H27N5O/c26-19(9-4-15-10-12-21-13-11-15)22-17-7-5-16(6-8-17)20-24-23-18-3-1-2-14-25(18)20/h5-8,15,21H,1-4,9-14H2,(H,22,26). The van der Waals surface area contributed by atoms with E-state index in [1.165, 1.54) is 25.7 Å². The molecule has 1 fully saturated rings. The van der Waals surface area contributed by atoms with E-state index in [-0.39, 0.29) is 5.91 Å². The van der Waals surface area contributed by atoms with Gasteiger partial charge in [0.1, 0.15) is 5.82 Å². The number of rotatable bonds is 5. The highest BCUT2D eigenvalue weighted by Gasteiger charge is 2.17. The van der Waals surface area contributed by atoms with Crippen molar-refractivity contribution in [1.82, 2.24) is 20.1 Å². The fraction of sp³-hybridized carbons (Fsp3) is 0.550. The van der Waals surface area contributed by atoms with Crippen LogP contribution in [-0.2, 0) is 17.8 Å². The quantitative estimate of drug-likeness (QED) is 0.867. The Kier molecular flexibility index (Phi) is 5.29. The molecular weight excluding hydrogens is 326 g/mol. The monoisotopic (exact) mass is 353 g/mol. The maximum absolute atomic E-state index is 12.2. The zero-order valence-electron chi connectivity index (χ0n) is 15.2. The van der Waals surface area contributed by atoms with Crippen LogP contribution in [0.2, 0.25) is 0 Å². The van der Waals surface area contributed by atoms with Crippen molar-refractivity contribution in [3.63, 3.8) is 0 Å². The third kappa shape index (κ3) is 3.96. The van der Waals surface area contributed by atoms with E-state index in [1.54, 1.807) is 0 Å². The van der Waals surface area contributed by atoms with E-state index in [0.29, 0.717) is 12.3 Å². The fourth-order valence-electron chi connectivity index (χ4n) is 3.95. The summed E-state index contributed by atoms with van der Waals surface area (Å²) in [6.45, 7) is 3.16. The Morgan fingerprint density at radius 1 is 1.15 bits per heavy atom. The van der Waals surface area contributed by atoms with Gasteiger partial charge in [0.25, 0.3) is 0 Å². The summed E-state index contributed by atoms with van der Waals surface area (Å²) in [5, 5.41) is 15.1. The first-order valence-corrected chi connectivity index (χ1v) is 9.83. The third-order valence-electron chi connectivity index (χ3n) is 5.52. The first kappa shape index (κ1) is 17.2. The predicted octanol–water partition coefficient (Wildman–Crippen LogP) is 3.00. The number of hydrogen-bond acceptors (Lipinski definition) is 4. The molecule has 0 aliphatic carbocycles. The summed E-state index contributed by atoms with van der Waals surface area (Å²) in [5.41, 5.74) is 1.90. The first-order chi connectivity index (χ1) is 12.8. The van der Waals surface area contributed by atoms with Crippen LogP contribution >= 0.6 is 0 Å². The fourth-order valence-corrected chi connectivity index (χ4v) is 3.95. The lowest BCUT2D eigenvalue weighted by atomic mass is 9.93. The SMILES string of the molecule is O=C(CCC1CCNCC1)Nc1ccc(-c2nnc3n2CCCC3)cc1. The highest BCUT2D eigenvalue weighted by molar-refractivity contribution is 5.90. The molecule has 2 N–H and O–H groups in total. The lowest BCUT2D eigenvalue weighted by Gasteiger charge is -2.22. The molecule has 6 heteroatoms. The van der Waals surface area contributed by atoms with Crippen molar-refractivity contribution in [2.45, 2.75) is 51.5 Å². The Hall–Kier alpha value is -2.21. The zero-order chi connectivity index (χ0) is 17.8. The van der Waals surface area contributed by atoms with E-state index in [4.69, 9.17) is 0 Å². The van der Waals surface area contributed by atoms with Crippen molar-refractivity contribution >= 4 is 11.6 Å². The second-order valence-corrected chi connectivity index (χ2v) is 7.41. The number of carbonyl (C=O) groups is 1. The number of fused-ring (bicyclic) bond motifs is 1. The molecule has 2 aliphatic rings. The van der Waals surface area contributed by atoms with Gasteiger partial charge in [-0.1, -0.05) is 0 Å². The third-order valence-corrected chi connectivity index (χ3v) is 5.52. The highest BCUT2D eigenvalue weighted by Crippen LogP contribution is 2.24. The molecule has 4 rings (SSSR count). The molecule has 3 heterocycles. The summed E-state index contributed by atoms with van der Waals surface area (Å²) in [5.74, 6) is 2.81. The van der Waals surface area contributed by atoms with Crippen molar-refractivity contribution in [2.24, 2.45) is 5.92 Å². The molecule has 1 saturated heterocycles. The molecule has 2 aliphatic heterocycles. The van der Waals surface area contributed by atoms with Gasteiger partial charge in [0.15, 0.2) is 5.82 Å². The largest absolute Gasteiger partial charge is 0.326 e. The number of amides is 1. The van der Waals surface area contributed by atoms with Gasteiger partial charge < -0.3 is 15.2 Å². The van der Waals surface area contributed by atoms with Gasteiger partial charge in [-0.3, -0.25) is 4.79 Å². The van der Waals surface area contributed by atoms with Gasteiger partial charge in [0.2, 0.25) is 5.91 Å². The number of benzene rings is 1. The zero-order valence-corrected chi connectivity index (χ0v) is 15.2. The van der Waals surface area contributed by atoms with Crippen molar-refractivity contribution in [2.75, 3.05) is 18.4 Å². The normalized spacial score (nSPS) is 17.7. The summed E-state index contributed by atoms with van der Waals surface area (Å²) in [6, 6.07) is 7.97. The summed E-state index contributed by atoms with van der Waals surface area (Å²) < 4.78 is 2.22. The molecule has 26 heavy (non-hydrogen) atoms. The van der Waals surface area contributed by atoms with Crippen LogP contribution in [0.15, 0.2) is 24.3 Å². The molecule has 1 aromatic carbocycles. The molecule has 1 aromatic heterocycles. The van der Waals surface area contributed by atoms with Crippen LogP contribution in [0.4, 0.5) is 5.69 Å². The lowest BCUT2D eigenvalue weighted by Crippen LogP contribution is -2.28. The van der Waals surface area contributed by atoms with Crippen LogP contribution in [0, 0.1) is 5.92 Å². The van der Waals surface area contributed by atoms with Crippen LogP contribution in [0.5, 0.6) is 0 Å². The van der Waals surface area contributed by atoms with Crippen molar-refractivity contribution in [3.8, 4) is 11.4 Å². The average Bonchev–Trinajstić information content (AvgIpc) is 3.12. The minimum atomic E-state index is 0.108. The van der Waals surface area contributed by atoms with Gasteiger partial charge in [-0.05, 0) is 75.4 Å². The number of aromatic nitrogens is 3. The summed E-state index contributed by atoms with van der Waals surface area (Å²) in [7, 11) is 0. The lowest BCUT2D eigenvalue weighted by molar-refractivity contribution is -0.116. The van der Waals surface area contributed by atoms with Crippen LogP contribution in [0.25, 0.3) is 11.4 Å². The Balaban J connectivity index is 1.34. The number of aryl methyl sites for hydroxylation is 1. The average molecular weight is 353 g/mol.